The van der Waals surface area contributed by atoms with Gasteiger partial charge in [0.15, 0.2) is 0 Å². The number of hydrogen-bond donors (Lipinski definition) is 2. The molecule has 0 saturated heterocycles. The first-order valence-electron chi connectivity index (χ1n) is 10.5. The highest BCUT2D eigenvalue weighted by Gasteiger charge is 2.44. The highest BCUT2D eigenvalue weighted by Crippen LogP contribution is 2.55. The average Bonchev–Trinajstić information content (AvgIpc) is 2.77. The molecule has 0 atom stereocenters. The first-order chi connectivity index (χ1) is 14.4. The zero-order valence-corrected chi connectivity index (χ0v) is 18.7. The maximum atomic E-state index is 11.9. The molecule has 0 spiro atoms. The maximum Gasteiger partial charge on any atom is 0.251 e. The standard InChI is InChI=1S/C26H30NO2P/c1-26(2,29)25(28)27-20-12-13-21-30(22-14-6-3-7-15-22,23-16-8-4-9-17-23)24-18-10-5-11-19-24/h3-11,14-19,29H,12-13,20-21H2,1-2H3/p+1. The molecule has 1 amide bonds. The minimum absolute atomic E-state index is 0.322. The lowest BCUT2D eigenvalue weighted by Crippen LogP contribution is -2.42. The molecule has 3 nitrogen and oxygen atoms in total. The van der Waals surface area contributed by atoms with Crippen molar-refractivity contribution in [2.24, 2.45) is 0 Å². The topological polar surface area (TPSA) is 49.3 Å². The van der Waals surface area contributed by atoms with Crippen molar-refractivity contribution < 1.29 is 9.90 Å². The Balaban J connectivity index is 1.89. The summed E-state index contributed by atoms with van der Waals surface area (Å²) in [5, 5.41) is 16.8. The summed E-state index contributed by atoms with van der Waals surface area (Å²) in [5.74, 6) is -0.322. The summed E-state index contributed by atoms with van der Waals surface area (Å²) in [5.41, 5.74) is -1.34. The van der Waals surface area contributed by atoms with Crippen molar-refractivity contribution in [1.82, 2.24) is 5.32 Å². The number of benzene rings is 3. The normalized spacial score (nSPS) is 11.8. The van der Waals surface area contributed by atoms with Crippen LogP contribution in [0.1, 0.15) is 26.7 Å². The number of hydrogen-bond acceptors (Lipinski definition) is 2. The largest absolute Gasteiger partial charge is 0.381 e. The monoisotopic (exact) mass is 420 g/mol. The summed E-state index contributed by atoms with van der Waals surface area (Å²) < 4.78 is 0. The van der Waals surface area contributed by atoms with Gasteiger partial charge in [-0.1, -0.05) is 54.6 Å². The van der Waals surface area contributed by atoms with Crippen LogP contribution in [0.25, 0.3) is 0 Å². The van der Waals surface area contributed by atoms with Crippen LogP contribution in [0, 0.1) is 0 Å². The minimum atomic E-state index is -1.81. The quantitative estimate of drug-likeness (QED) is 0.410. The molecule has 0 bridgehead atoms. The van der Waals surface area contributed by atoms with Crippen LogP contribution in [0.2, 0.25) is 0 Å². The summed E-state index contributed by atoms with van der Waals surface area (Å²) in [6.45, 7) is 3.60. The highest BCUT2D eigenvalue weighted by atomic mass is 31.2. The zero-order chi connectivity index (χ0) is 21.5. The van der Waals surface area contributed by atoms with Crippen LogP contribution in [-0.2, 0) is 4.79 Å². The van der Waals surface area contributed by atoms with Crippen LogP contribution in [0.3, 0.4) is 0 Å². The highest BCUT2D eigenvalue weighted by molar-refractivity contribution is 7.95. The Morgan fingerprint density at radius 1 is 0.767 bits per heavy atom. The number of aliphatic hydroxyl groups is 1. The van der Waals surface area contributed by atoms with Crippen LogP contribution in [-0.4, -0.2) is 29.3 Å². The zero-order valence-electron chi connectivity index (χ0n) is 17.8. The molecule has 2 N–H and O–H groups in total. The van der Waals surface area contributed by atoms with Gasteiger partial charge in [-0.3, -0.25) is 4.79 Å². The van der Waals surface area contributed by atoms with Gasteiger partial charge >= 0.3 is 0 Å². The second kappa shape index (κ2) is 10.0. The molecule has 156 valence electrons. The molecule has 0 aromatic heterocycles. The number of carbonyl (C=O) groups excluding carboxylic acids is 1. The molecule has 0 aliphatic carbocycles. The number of nitrogens with one attached hydrogen (secondary N) is 1. The average molecular weight is 421 g/mol. The Bertz CT molecular complexity index is 825. The molecular formula is C26H31NO2P+. The fraction of sp³-hybridized carbons (Fsp3) is 0.269. The van der Waals surface area contributed by atoms with Gasteiger partial charge in [-0.15, -0.1) is 0 Å². The summed E-state index contributed by atoms with van der Waals surface area (Å²) >= 11 is 0. The smallest absolute Gasteiger partial charge is 0.251 e. The van der Waals surface area contributed by atoms with Gasteiger partial charge in [0.25, 0.3) is 5.91 Å². The first kappa shape index (κ1) is 22.2. The van der Waals surface area contributed by atoms with E-state index in [4.69, 9.17) is 0 Å². The second-order valence-electron chi connectivity index (χ2n) is 8.06. The van der Waals surface area contributed by atoms with Gasteiger partial charge in [-0.05, 0) is 63.1 Å². The third-order valence-electron chi connectivity index (χ3n) is 5.35. The molecule has 4 heteroatoms. The van der Waals surface area contributed by atoms with E-state index in [1.165, 1.54) is 29.8 Å². The fourth-order valence-corrected chi connectivity index (χ4v) is 8.18. The second-order valence-corrected chi connectivity index (χ2v) is 11.7. The molecule has 3 aromatic rings. The van der Waals surface area contributed by atoms with E-state index in [0.717, 1.165) is 19.0 Å². The van der Waals surface area contributed by atoms with Crippen molar-refractivity contribution >= 4 is 29.1 Å². The van der Waals surface area contributed by atoms with E-state index in [2.05, 4.69) is 96.3 Å². The summed E-state index contributed by atoms with van der Waals surface area (Å²) in [6.07, 6.45) is 2.89. The van der Waals surface area contributed by atoms with Gasteiger partial charge in [0, 0.05) is 6.54 Å². The number of unbranched alkanes of at least 4 members (excludes halogenated alkanes) is 1. The van der Waals surface area contributed by atoms with Crippen molar-refractivity contribution in [3.05, 3.63) is 91.0 Å². The van der Waals surface area contributed by atoms with Crippen molar-refractivity contribution in [2.45, 2.75) is 32.3 Å². The molecule has 0 fully saturated rings. The van der Waals surface area contributed by atoms with Gasteiger partial charge in [0.1, 0.15) is 28.8 Å². The van der Waals surface area contributed by atoms with Gasteiger partial charge < -0.3 is 10.4 Å². The van der Waals surface area contributed by atoms with Gasteiger partial charge in [-0.2, -0.15) is 0 Å². The first-order valence-corrected chi connectivity index (χ1v) is 12.5. The Kier molecular flexibility index (Phi) is 7.42. The minimum Gasteiger partial charge on any atom is -0.381 e. The lowest BCUT2D eigenvalue weighted by Gasteiger charge is -2.27. The van der Waals surface area contributed by atoms with Crippen LogP contribution in [0.4, 0.5) is 0 Å². The third-order valence-corrected chi connectivity index (χ3v) is 9.88. The number of amides is 1. The molecule has 0 unspecified atom stereocenters. The Labute approximate surface area is 180 Å². The van der Waals surface area contributed by atoms with Crippen molar-refractivity contribution in [1.29, 1.82) is 0 Å². The predicted molar refractivity (Wildman–Crippen MR) is 129 cm³/mol. The Hall–Kier alpha value is -2.48. The van der Waals surface area contributed by atoms with Crippen molar-refractivity contribution in [3.8, 4) is 0 Å². The fourth-order valence-electron chi connectivity index (χ4n) is 3.77. The van der Waals surface area contributed by atoms with Gasteiger partial charge in [0.05, 0.1) is 6.16 Å². The SMILES string of the molecule is CC(C)(O)C(=O)NCCCC[P+](c1ccccc1)(c1ccccc1)c1ccccc1. The van der Waals surface area contributed by atoms with E-state index in [-0.39, 0.29) is 5.91 Å². The molecule has 0 aliphatic rings. The van der Waals surface area contributed by atoms with E-state index < -0.39 is 12.9 Å². The Morgan fingerprint density at radius 2 is 1.17 bits per heavy atom. The Morgan fingerprint density at radius 3 is 1.53 bits per heavy atom. The van der Waals surface area contributed by atoms with E-state index in [1.807, 2.05) is 0 Å². The molecule has 0 radical (unpaired) electrons. The molecule has 0 aliphatic heterocycles. The molecule has 3 aromatic carbocycles. The molecule has 0 saturated carbocycles. The number of rotatable bonds is 9. The predicted octanol–water partition coefficient (Wildman–Crippen LogP) is 3.65. The van der Waals surface area contributed by atoms with E-state index in [9.17, 15) is 9.90 Å². The summed E-state index contributed by atoms with van der Waals surface area (Å²) in [7, 11) is -1.81. The molecule has 0 heterocycles. The van der Waals surface area contributed by atoms with Crippen LogP contribution in [0.15, 0.2) is 91.0 Å². The maximum absolute atomic E-state index is 11.9. The van der Waals surface area contributed by atoms with Gasteiger partial charge in [-0.25, -0.2) is 0 Å². The van der Waals surface area contributed by atoms with Crippen LogP contribution >= 0.6 is 7.26 Å². The summed E-state index contributed by atoms with van der Waals surface area (Å²) in [6, 6.07) is 32.5. The van der Waals surface area contributed by atoms with E-state index in [1.54, 1.807) is 0 Å². The number of carbonyl (C=O) groups is 1. The van der Waals surface area contributed by atoms with Crippen molar-refractivity contribution in [3.63, 3.8) is 0 Å². The molecule has 30 heavy (non-hydrogen) atoms. The van der Waals surface area contributed by atoms with Crippen LogP contribution < -0.4 is 21.2 Å². The molecular weight excluding hydrogens is 389 g/mol. The lowest BCUT2D eigenvalue weighted by molar-refractivity contribution is -0.136. The van der Waals surface area contributed by atoms with Gasteiger partial charge in [0.2, 0.25) is 0 Å². The summed E-state index contributed by atoms with van der Waals surface area (Å²) in [4.78, 5) is 11.9. The van der Waals surface area contributed by atoms with E-state index >= 15 is 0 Å². The molecule has 3 rings (SSSR count). The van der Waals surface area contributed by atoms with E-state index in [0.29, 0.717) is 6.54 Å². The van der Waals surface area contributed by atoms with Crippen molar-refractivity contribution in [2.75, 3.05) is 12.7 Å². The third kappa shape index (κ3) is 5.16. The lowest BCUT2D eigenvalue weighted by atomic mass is 10.1. The van der Waals surface area contributed by atoms with Crippen LogP contribution in [0.5, 0.6) is 0 Å².